The summed E-state index contributed by atoms with van der Waals surface area (Å²) < 4.78 is 10.3. The molecule has 1 saturated carbocycles. The van der Waals surface area contributed by atoms with Gasteiger partial charge in [-0.3, -0.25) is 0 Å². The van der Waals surface area contributed by atoms with Gasteiger partial charge in [0.25, 0.3) is 0 Å². The topological polar surface area (TPSA) is 64.5 Å². The van der Waals surface area contributed by atoms with Crippen LogP contribution in [0.4, 0.5) is 0 Å². The van der Waals surface area contributed by atoms with Crippen molar-refractivity contribution < 1.29 is 14.6 Å². The molecule has 0 amide bonds. The van der Waals surface area contributed by atoms with Crippen LogP contribution in [-0.4, -0.2) is 29.3 Å². The van der Waals surface area contributed by atoms with Crippen LogP contribution < -0.4 is 9.47 Å². The number of ether oxygens (including phenoxy) is 2. The minimum Gasteiger partial charge on any atom is -0.480 e. The molecule has 118 valence electrons. The zero-order valence-electron chi connectivity index (χ0n) is 13.2. The molecule has 1 unspecified atom stereocenters. The molecule has 1 atom stereocenters. The quantitative estimate of drug-likeness (QED) is 0.873. The highest BCUT2D eigenvalue weighted by atomic mass is 16.5. The molecule has 1 N–H and O–H groups in total. The number of aliphatic hydroxyl groups is 1. The molecule has 0 aliphatic heterocycles. The Bertz CT molecular complexity index is 445. The molecule has 0 radical (unpaired) electrons. The van der Waals surface area contributed by atoms with E-state index < -0.39 is 6.10 Å². The summed E-state index contributed by atoms with van der Waals surface area (Å²) in [7, 11) is 3.08. The molecule has 0 saturated heterocycles. The van der Waals surface area contributed by atoms with Crippen LogP contribution in [0.1, 0.15) is 57.2 Å². The Hall–Kier alpha value is -1.36. The molecule has 5 nitrogen and oxygen atoms in total. The normalized spacial score (nSPS) is 23.6. The summed E-state index contributed by atoms with van der Waals surface area (Å²) in [6.45, 7) is 2.23. The molecule has 1 aromatic heterocycles. The Kier molecular flexibility index (Phi) is 5.79. The number of hydrogen-bond donors (Lipinski definition) is 1. The molecular formula is C16H26N2O3. The lowest BCUT2D eigenvalue weighted by molar-refractivity contribution is 0.0659. The van der Waals surface area contributed by atoms with Crippen LogP contribution in [0.5, 0.6) is 11.8 Å². The summed E-state index contributed by atoms with van der Waals surface area (Å²) in [6, 6.07) is 0. The second-order valence-electron chi connectivity index (χ2n) is 5.82. The maximum Gasteiger partial charge on any atom is 0.241 e. The lowest BCUT2D eigenvalue weighted by Gasteiger charge is -2.31. The highest BCUT2D eigenvalue weighted by Crippen LogP contribution is 2.39. The van der Waals surface area contributed by atoms with Crippen molar-refractivity contribution in [2.24, 2.45) is 11.8 Å². The number of hydrogen-bond acceptors (Lipinski definition) is 5. The Balaban J connectivity index is 2.05. The predicted molar refractivity (Wildman–Crippen MR) is 80.5 cm³/mol. The predicted octanol–water partition coefficient (Wildman–Crippen LogP) is 3.13. The first-order valence-electron chi connectivity index (χ1n) is 7.82. The van der Waals surface area contributed by atoms with Crippen molar-refractivity contribution >= 4 is 0 Å². The highest BCUT2D eigenvalue weighted by molar-refractivity contribution is 5.25. The third kappa shape index (κ3) is 3.84. The van der Waals surface area contributed by atoms with Gasteiger partial charge in [0.2, 0.25) is 11.8 Å². The molecule has 2 rings (SSSR count). The van der Waals surface area contributed by atoms with E-state index in [1.165, 1.54) is 46.1 Å². The fraction of sp³-hybridized carbons (Fsp3) is 0.750. The van der Waals surface area contributed by atoms with Crippen molar-refractivity contribution in [2.45, 2.75) is 51.6 Å². The van der Waals surface area contributed by atoms with Gasteiger partial charge in [-0.15, -0.1) is 0 Å². The Labute approximate surface area is 126 Å². The average molecular weight is 294 g/mol. The van der Waals surface area contributed by atoms with Crippen molar-refractivity contribution in [3.63, 3.8) is 0 Å². The summed E-state index contributed by atoms with van der Waals surface area (Å²) in [6.07, 6.45) is 7.95. The zero-order chi connectivity index (χ0) is 15.2. The van der Waals surface area contributed by atoms with Crippen LogP contribution in [0.2, 0.25) is 0 Å². The molecule has 1 aliphatic carbocycles. The van der Waals surface area contributed by atoms with Crippen molar-refractivity contribution in [3.8, 4) is 11.8 Å². The molecule has 5 heteroatoms. The maximum absolute atomic E-state index is 10.6. The molecule has 1 fully saturated rings. The summed E-state index contributed by atoms with van der Waals surface area (Å²) in [5.74, 6) is 1.82. The van der Waals surface area contributed by atoms with E-state index in [0.29, 0.717) is 17.5 Å². The Morgan fingerprint density at radius 2 is 1.95 bits per heavy atom. The van der Waals surface area contributed by atoms with Gasteiger partial charge in [-0.05, 0) is 24.7 Å². The monoisotopic (exact) mass is 294 g/mol. The molecule has 0 spiro atoms. The fourth-order valence-corrected chi connectivity index (χ4v) is 3.24. The SMILES string of the molecule is CCCC1CCC(C(O)c2ncc(OC)nc2OC)CC1. The minimum absolute atomic E-state index is 0.245. The lowest BCUT2D eigenvalue weighted by Crippen LogP contribution is -2.22. The first kappa shape index (κ1) is 16.0. The van der Waals surface area contributed by atoms with Crippen LogP contribution >= 0.6 is 0 Å². The first-order valence-corrected chi connectivity index (χ1v) is 7.82. The van der Waals surface area contributed by atoms with Crippen molar-refractivity contribution in [2.75, 3.05) is 14.2 Å². The number of aliphatic hydroxyl groups excluding tert-OH is 1. The minimum atomic E-state index is -0.610. The fourth-order valence-electron chi connectivity index (χ4n) is 3.24. The molecule has 1 aliphatic rings. The third-order valence-corrected chi connectivity index (χ3v) is 4.46. The molecule has 21 heavy (non-hydrogen) atoms. The van der Waals surface area contributed by atoms with Gasteiger partial charge in [0, 0.05) is 0 Å². The Morgan fingerprint density at radius 3 is 2.52 bits per heavy atom. The average Bonchev–Trinajstić information content (AvgIpc) is 2.54. The van der Waals surface area contributed by atoms with Crippen molar-refractivity contribution in [3.05, 3.63) is 11.9 Å². The maximum atomic E-state index is 10.6. The van der Waals surface area contributed by atoms with Gasteiger partial charge in [-0.1, -0.05) is 32.6 Å². The van der Waals surface area contributed by atoms with E-state index in [1.54, 1.807) is 0 Å². The number of aromatic nitrogens is 2. The van der Waals surface area contributed by atoms with E-state index in [4.69, 9.17) is 9.47 Å². The summed E-state index contributed by atoms with van der Waals surface area (Å²) in [5, 5.41) is 10.6. The van der Waals surface area contributed by atoms with E-state index in [-0.39, 0.29) is 5.92 Å². The standard InChI is InChI=1S/C16H26N2O3/c1-4-5-11-6-8-12(9-7-11)15(19)14-16(21-3)18-13(20-2)10-17-14/h10-12,15,19H,4-9H2,1-3H3. The van der Waals surface area contributed by atoms with Gasteiger partial charge >= 0.3 is 0 Å². The second-order valence-corrected chi connectivity index (χ2v) is 5.82. The molecule has 1 heterocycles. The van der Waals surface area contributed by atoms with E-state index >= 15 is 0 Å². The highest BCUT2D eigenvalue weighted by Gasteiger charge is 2.30. The van der Waals surface area contributed by atoms with E-state index in [9.17, 15) is 5.11 Å². The number of methoxy groups -OCH3 is 2. The largest absolute Gasteiger partial charge is 0.480 e. The van der Waals surface area contributed by atoms with Crippen LogP contribution in [0.3, 0.4) is 0 Å². The molecule has 1 aromatic rings. The van der Waals surface area contributed by atoms with Crippen LogP contribution in [0.25, 0.3) is 0 Å². The van der Waals surface area contributed by atoms with Gasteiger partial charge < -0.3 is 14.6 Å². The van der Waals surface area contributed by atoms with Gasteiger partial charge in [0.1, 0.15) is 11.8 Å². The van der Waals surface area contributed by atoms with Gasteiger partial charge in [0.05, 0.1) is 20.4 Å². The van der Waals surface area contributed by atoms with Crippen LogP contribution in [0.15, 0.2) is 6.20 Å². The van der Waals surface area contributed by atoms with Crippen LogP contribution in [-0.2, 0) is 0 Å². The van der Waals surface area contributed by atoms with E-state index in [1.807, 2.05) is 0 Å². The number of rotatable bonds is 6. The van der Waals surface area contributed by atoms with Crippen LogP contribution in [0, 0.1) is 11.8 Å². The summed E-state index contributed by atoms with van der Waals surface area (Å²) in [4.78, 5) is 8.49. The lowest BCUT2D eigenvalue weighted by atomic mass is 9.77. The summed E-state index contributed by atoms with van der Waals surface area (Å²) in [5.41, 5.74) is 0.525. The molecule has 0 aromatic carbocycles. The molecule has 0 bridgehead atoms. The van der Waals surface area contributed by atoms with Gasteiger partial charge in [-0.2, -0.15) is 4.98 Å². The van der Waals surface area contributed by atoms with Crippen molar-refractivity contribution in [1.82, 2.24) is 9.97 Å². The first-order chi connectivity index (χ1) is 10.2. The smallest absolute Gasteiger partial charge is 0.241 e. The summed E-state index contributed by atoms with van der Waals surface area (Å²) >= 11 is 0. The third-order valence-electron chi connectivity index (χ3n) is 4.46. The number of nitrogens with zero attached hydrogens (tertiary/aromatic N) is 2. The van der Waals surface area contributed by atoms with E-state index in [2.05, 4.69) is 16.9 Å². The van der Waals surface area contributed by atoms with Gasteiger partial charge in [0.15, 0.2) is 0 Å². The second kappa shape index (κ2) is 7.59. The van der Waals surface area contributed by atoms with Crippen molar-refractivity contribution in [1.29, 1.82) is 0 Å². The zero-order valence-corrected chi connectivity index (χ0v) is 13.2. The Morgan fingerprint density at radius 1 is 1.24 bits per heavy atom. The van der Waals surface area contributed by atoms with Gasteiger partial charge in [-0.25, -0.2) is 4.98 Å². The molecular weight excluding hydrogens is 268 g/mol. The van der Waals surface area contributed by atoms with E-state index in [0.717, 1.165) is 18.8 Å².